The first-order valence-electron chi connectivity index (χ1n) is 4.81. The number of hydrogen-bond acceptors (Lipinski definition) is 3. The van der Waals surface area contributed by atoms with Crippen LogP contribution in [-0.4, -0.2) is 17.9 Å². The van der Waals surface area contributed by atoms with Gasteiger partial charge in [0.1, 0.15) is 0 Å². The van der Waals surface area contributed by atoms with Gasteiger partial charge in [-0.05, 0) is 35.0 Å². The Morgan fingerprint density at radius 3 is 2.44 bits per heavy atom. The molecule has 2 aromatic carbocycles. The summed E-state index contributed by atoms with van der Waals surface area (Å²) in [6.07, 6.45) is 0. The number of aromatic carboxylic acids is 1. The monoisotopic (exact) mass is 216 g/mol. The van der Waals surface area contributed by atoms with E-state index in [-0.39, 0.29) is 12.4 Å². The highest BCUT2D eigenvalue weighted by Crippen LogP contribution is 2.36. The molecule has 3 rings (SSSR count). The molecule has 0 fully saturated rings. The summed E-state index contributed by atoms with van der Waals surface area (Å²) in [5.41, 5.74) is 0.270. The maximum atomic E-state index is 10.8. The third kappa shape index (κ3) is 1.27. The average Bonchev–Trinajstić information content (AvgIpc) is 2.71. The van der Waals surface area contributed by atoms with E-state index in [0.717, 1.165) is 10.8 Å². The minimum absolute atomic E-state index is 0.220. The van der Waals surface area contributed by atoms with Gasteiger partial charge in [-0.15, -0.1) is 0 Å². The molecule has 4 heteroatoms. The molecule has 0 saturated heterocycles. The first-order chi connectivity index (χ1) is 7.74. The Labute approximate surface area is 91.0 Å². The maximum absolute atomic E-state index is 10.8. The lowest BCUT2D eigenvalue weighted by atomic mass is 10.1. The zero-order chi connectivity index (χ0) is 11.1. The largest absolute Gasteiger partial charge is 0.478 e. The zero-order valence-electron chi connectivity index (χ0n) is 8.27. The molecule has 16 heavy (non-hydrogen) atoms. The van der Waals surface area contributed by atoms with Crippen LogP contribution < -0.4 is 9.47 Å². The summed E-state index contributed by atoms with van der Waals surface area (Å²) in [5.74, 6) is 0.435. The maximum Gasteiger partial charge on any atom is 0.335 e. The minimum Gasteiger partial charge on any atom is -0.478 e. The SMILES string of the molecule is O=C(O)c1ccc2cc3c(cc2c1)OCO3. The highest BCUT2D eigenvalue weighted by atomic mass is 16.7. The third-order valence-electron chi connectivity index (χ3n) is 2.58. The molecule has 0 aliphatic carbocycles. The zero-order valence-corrected chi connectivity index (χ0v) is 8.27. The van der Waals surface area contributed by atoms with Crippen LogP contribution in [0.4, 0.5) is 0 Å². The van der Waals surface area contributed by atoms with Crippen LogP contribution in [0.15, 0.2) is 30.3 Å². The van der Waals surface area contributed by atoms with Gasteiger partial charge < -0.3 is 14.6 Å². The number of fused-ring (bicyclic) bond motifs is 2. The Bertz CT molecular complexity index is 589. The van der Waals surface area contributed by atoms with E-state index in [0.29, 0.717) is 11.5 Å². The van der Waals surface area contributed by atoms with Gasteiger partial charge >= 0.3 is 5.97 Å². The normalized spacial score (nSPS) is 13.0. The molecule has 0 amide bonds. The topological polar surface area (TPSA) is 55.8 Å². The lowest BCUT2D eigenvalue weighted by Gasteiger charge is -2.02. The standard InChI is InChI=1S/C12H8O4/c13-12(14)8-2-1-7-4-10-11(16-6-15-10)5-9(7)3-8/h1-5H,6H2,(H,13,14). The summed E-state index contributed by atoms with van der Waals surface area (Å²) >= 11 is 0. The van der Waals surface area contributed by atoms with Crippen molar-refractivity contribution in [2.24, 2.45) is 0 Å². The Balaban J connectivity index is 2.24. The van der Waals surface area contributed by atoms with Crippen molar-refractivity contribution in [3.8, 4) is 11.5 Å². The summed E-state index contributed by atoms with van der Waals surface area (Å²) in [4.78, 5) is 10.8. The van der Waals surface area contributed by atoms with E-state index in [2.05, 4.69) is 0 Å². The molecule has 0 spiro atoms. The van der Waals surface area contributed by atoms with Gasteiger partial charge in [-0.3, -0.25) is 0 Å². The van der Waals surface area contributed by atoms with Crippen molar-refractivity contribution in [2.45, 2.75) is 0 Å². The summed E-state index contributed by atoms with van der Waals surface area (Å²) in [5, 5.41) is 10.7. The molecule has 0 unspecified atom stereocenters. The Morgan fingerprint density at radius 2 is 1.75 bits per heavy atom. The van der Waals surface area contributed by atoms with Gasteiger partial charge in [0.2, 0.25) is 6.79 Å². The summed E-state index contributed by atoms with van der Waals surface area (Å²) in [6.45, 7) is 0.220. The average molecular weight is 216 g/mol. The van der Waals surface area contributed by atoms with Crippen molar-refractivity contribution in [2.75, 3.05) is 6.79 Å². The fourth-order valence-corrected chi connectivity index (χ4v) is 1.77. The third-order valence-corrected chi connectivity index (χ3v) is 2.58. The second-order valence-corrected chi connectivity index (χ2v) is 3.57. The number of benzene rings is 2. The van der Waals surface area contributed by atoms with Crippen molar-refractivity contribution in [3.05, 3.63) is 35.9 Å². The molecule has 1 aliphatic heterocycles. The summed E-state index contributed by atoms with van der Waals surface area (Å²) in [7, 11) is 0. The molecule has 1 heterocycles. The van der Waals surface area contributed by atoms with Crippen LogP contribution in [0.1, 0.15) is 10.4 Å². The van der Waals surface area contributed by atoms with Gasteiger partial charge in [0.05, 0.1) is 5.56 Å². The number of rotatable bonds is 1. The number of ether oxygens (including phenoxy) is 2. The van der Waals surface area contributed by atoms with E-state index in [4.69, 9.17) is 14.6 Å². The molecule has 0 aromatic heterocycles. The van der Waals surface area contributed by atoms with Crippen LogP contribution >= 0.6 is 0 Å². The van der Waals surface area contributed by atoms with E-state index in [1.54, 1.807) is 24.3 Å². The van der Waals surface area contributed by atoms with Crippen molar-refractivity contribution in [1.82, 2.24) is 0 Å². The van der Waals surface area contributed by atoms with E-state index >= 15 is 0 Å². The first kappa shape index (κ1) is 9.03. The molecule has 4 nitrogen and oxygen atoms in total. The smallest absolute Gasteiger partial charge is 0.335 e. The van der Waals surface area contributed by atoms with E-state index < -0.39 is 5.97 Å². The van der Waals surface area contributed by atoms with Gasteiger partial charge in [-0.1, -0.05) is 6.07 Å². The van der Waals surface area contributed by atoms with Crippen molar-refractivity contribution >= 4 is 16.7 Å². The van der Waals surface area contributed by atoms with Crippen molar-refractivity contribution < 1.29 is 19.4 Å². The van der Waals surface area contributed by atoms with E-state index in [1.165, 1.54) is 0 Å². The molecular formula is C12H8O4. The van der Waals surface area contributed by atoms with Crippen LogP contribution in [0.5, 0.6) is 11.5 Å². The molecule has 1 aliphatic rings. The molecule has 0 radical (unpaired) electrons. The van der Waals surface area contributed by atoms with Crippen LogP contribution in [0.25, 0.3) is 10.8 Å². The van der Waals surface area contributed by atoms with Gasteiger partial charge in [0, 0.05) is 0 Å². The predicted molar refractivity (Wildman–Crippen MR) is 57.0 cm³/mol. The summed E-state index contributed by atoms with van der Waals surface area (Å²) < 4.78 is 10.5. The molecule has 2 aromatic rings. The molecule has 1 N–H and O–H groups in total. The first-order valence-corrected chi connectivity index (χ1v) is 4.81. The molecule has 0 saturated carbocycles. The van der Waals surface area contributed by atoms with Crippen molar-refractivity contribution in [3.63, 3.8) is 0 Å². The Kier molecular flexibility index (Phi) is 1.77. The number of carbonyl (C=O) groups is 1. The summed E-state index contributed by atoms with van der Waals surface area (Å²) in [6, 6.07) is 8.61. The molecule has 80 valence electrons. The lowest BCUT2D eigenvalue weighted by molar-refractivity contribution is 0.0697. The fourth-order valence-electron chi connectivity index (χ4n) is 1.77. The van der Waals surface area contributed by atoms with Gasteiger partial charge in [-0.25, -0.2) is 4.79 Å². The Hall–Kier alpha value is -2.23. The second-order valence-electron chi connectivity index (χ2n) is 3.57. The van der Waals surface area contributed by atoms with Gasteiger partial charge in [0.25, 0.3) is 0 Å². The predicted octanol–water partition coefficient (Wildman–Crippen LogP) is 2.27. The highest BCUT2D eigenvalue weighted by molar-refractivity contribution is 5.95. The Morgan fingerprint density at radius 1 is 1.06 bits per heavy atom. The van der Waals surface area contributed by atoms with Gasteiger partial charge in [0.15, 0.2) is 11.5 Å². The fraction of sp³-hybridized carbons (Fsp3) is 0.0833. The number of carboxylic acid groups (broad SMARTS) is 1. The molecule has 0 atom stereocenters. The lowest BCUT2D eigenvalue weighted by Crippen LogP contribution is -1.95. The van der Waals surface area contributed by atoms with E-state index in [1.807, 2.05) is 6.07 Å². The van der Waals surface area contributed by atoms with Crippen molar-refractivity contribution in [1.29, 1.82) is 0 Å². The molecule has 0 bridgehead atoms. The van der Waals surface area contributed by atoms with E-state index in [9.17, 15) is 4.79 Å². The number of hydrogen-bond donors (Lipinski definition) is 1. The highest BCUT2D eigenvalue weighted by Gasteiger charge is 2.14. The molecular weight excluding hydrogens is 208 g/mol. The van der Waals surface area contributed by atoms with Crippen LogP contribution in [0.2, 0.25) is 0 Å². The van der Waals surface area contributed by atoms with Gasteiger partial charge in [-0.2, -0.15) is 0 Å². The second kappa shape index (κ2) is 3.13. The minimum atomic E-state index is -0.931. The quantitative estimate of drug-likeness (QED) is 0.794. The number of carboxylic acids is 1. The van der Waals surface area contributed by atoms with Crippen LogP contribution in [0.3, 0.4) is 0 Å². The van der Waals surface area contributed by atoms with Crippen LogP contribution in [-0.2, 0) is 0 Å². The van der Waals surface area contributed by atoms with Crippen LogP contribution in [0, 0.1) is 0 Å².